The fourth-order valence-electron chi connectivity index (χ4n) is 5.62. The van der Waals surface area contributed by atoms with Crippen LogP contribution in [0.5, 0.6) is 0 Å². The minimum absolute atomic E-state index is 0.0618. The predicted octanol–water partition coefficient (Wildman–Crippen LogP) is 4.88. The number of hydrogen-bond donors (Lipinski definition) is 1. The summed E-state index contributed by atoms with van der Waals surface area (Å²) in [5.74, 6) is -2.36. The topological polar surface area (TPSA) is 123 Å². The van der Waals surface area contributed by atoms with Crippen molar-refractivity contribution >= 4 is 44.9 Å². The average molecular weight is 610 g/mol. The Bertz CT molecular complexity index is 1640. The van der Waals surface area contributed by atoms with Gasteiger partial charge in [0.15, 0.2) is 0 Å². The van der Waals surface area contributed by atoms with Crippen molar-refractivity contribution in [1.82, 2.24) is 10.3 Å². The van der Waals surface area contributed by atoms with Gasteiger partial charge in [0.2, 0.25) is 15.9 Å². The zero-order valence-electron chi connectivity index (χ0n) is 22.6. The number of anilines is 2. The number of aromatic nitrogens is 1. The first-order valence-corrected chi connectivity index (χ1v) is 15.7. The van der Waals surface area contributed by atoms with Gasteiger partial charge in [0.1, 0.15) is 23.7 Å². The molecule has 3 aromatic rings. The minimum atomic E-state index is -4.01. The van der Waals surface area contributed by atoms with Crippen molar-refractivity contribution in [2.75, 3.05) is 15.0 Å². The van der Waals surface area contributed by atoms with Crippen LogP contribution < -0.4 is 14.5 Å². The standard InChI is InChI=1S/C30H29ClFN5O4S/c31-25-12-5-4-11-24(25)28(29(38)35-22-8-2-1-3-9-22)36(23-10-6-7-21(32)18-23)30(39)26-14-16-42(40,41)37(26)27-17-20(19-33)13-15-34-27/h4-7,10-13,15,17-18,22,26,28H,1-3,8-9,14,16H2,(H,35,38)/t26-,28-/m0/s1. The highest BCUT2D eigenvalue weighted by molar-refractivity contribution is 7.93. The first-order chi connectivity index (χ1) is 20.2. The van der Waals surface area contributed by atoms with Gasteiger partial charge < -0.3 is 5.32 Å². The van der Waals surface area contributed by atoms with Gasteiger partial charge in [0, 0.05) is 28.5 Å². The maximum Gasteiger partial charge on any atom is 0.252 e. The highest BCUT2D eigenvalue weighted by atomic mass is 35.5. The van der Waals surface area contributed by atoms with Gasteiger partial charge in [-0.1, -0.05) is 55.1 Å². The quantitative estimate of drug-likeness (QED) is 0.407. The highest BCUT2D eigenvalue weighted by Crippen LogP contribution is 2.37. The van der Waals surface area contributed by atoms with Gasteiger partial charge in [0.25, 0.3) is 5.91 Å². The Labute approximate surface area is 249 Å². The zero-order chi connectivity index (χ0) is 29.9. The summed E-state index contributed by atoms with van der Waals surface area (Å²) in [6.45, 7) is 0. The molecule has 1 aliphatic heterocycles. The maximum absolute atomic E-state index is 14.6. The summed E-state index contributed by atoms with van der Waals surface area (Å²) in [5, 5.41) is 12.7. The van der Waals surface area contributed by atoms with Crippen molar-refractivity contribution in [3.8, 4) is 6.07 Å². The predicted molar refractivity (Wildman–Crippen MR) is 157 cm³/mol. The molecular weight excluding hydrogens is 581 g/mol. The lowest BCUT2D eigenvalue weighted by molar-refractivity contribution is -0.127. The second-order valence-corrected chi connectivity index (χ2v) is 12.8. The van der Waals surface area contributed by atoms with Crippen LogP contribution in [-0.2, 0) is 19.6 Å². The van der Waals surface area contributed by atoms with Crippen LogP contribution >= 0.6 is 11.6 Å². The SMILES string of the molecule is N#Cc1ccnc(N2[C@H](C(=O)N(c3cccc(F)c3)[C@H](C(=O)NC3CCCCC3)c3ccccc3Cl)CCS2(=O)=O)c1. The Hall–Kier alpha value is -4.01. The lowest BCUT2D eigenvalue weighted by atomic mass is 9.94. The van der Waals surface area contributed by atoms with E-state index < -0.39 is 39.7 Å². The number of nitrogens with one attached hydrogen (secondary N) is 1. The number of nitriles is 1. The maximum atomic E-state index is 14.6. The summed E-state index contributed by atoms with van der Waals surface area (Å²) >= 11 is 6.60. The van der Waals surface area contributed by atoms with Gasteiger partial charge in [-0.25, -0.2) is 22.1 Å². The molecule has 1 aromatic heterocycles. The van der Waals surface area contributed by atoms with Crippen LogP contribution in [0.3, 0.4) is 0 Å². The monoisotopic (exact) mass is 609 g/mol. The van der Waals surface area contributed by atoms with Crippen molar-refractivity contribution in [2.45, 2.75) is 56.7 Å². The molecule has 0 bridgehead atoms. The molecule has 0 radical (unpaired) electrons. The number of carbonyl (C=O) groups is 2. The van der Waals surface area contributed by atoms with Gasteiger partial charge in [-0.15, -0.1) is 0 Å². The fraction of sp³-hybridized carbons (Fsp3) is 0.333. The van der Waals surface area contributed by atoms with E-state index in [4.69, 9.17) is 11.6 Å². The number of amides is 2. The summed E-state index contributed by atoms with van der Waals surface area (Å²) in [7, 11) is -4.01. The normalized spacial score (nSPS) is 19.1. The number of sulfonamides is 1. The first-order valence-electron chi connectivity index (χ1n) is 13.7. The molecule has 42 heavy (non-hydrogen) atoms. The number of hydrogen-bond acceptors (Lipinski definition) is 6. The Morgan fingerprint density at radius 1 is 1.07 bits per heavy atom. The van der Waals surface area contributed by atoms with E-state index in [-0.39, 0.29) is 40.3 Å². The zero-order valence-corrected chi connectivity index (χ0v) is 24.2. The van der Waals surface area contributed by atoms with E-state index >= 15 is 0 Å². The van der Waals surface area contributed by atoms with E-state index in [2.05, 4.69) is 10.3 Å². The molecule has 218 valence electrons. The van der Waals surface area contributed by atoms with Crippen LogP contribution in [0.25, 0.3) is 0 Å². The molecule has 2 aromatic carbocycles. The van der Waals surface area contributed by atoms with Gasteiger partial charge >= 0.3 is 0 Å². The summed E-state index contributed by atoms with van der Waals surface area (Å²) in [4.78, 5) is 34.0. The molecule has 1 saturated heterocycles. The number of halogens is 2. The summed E-state index contributed by atoms with van der Waals surface area (Å²) < 4.78 is 42.0. The third-order valence-electron chi connectivity index (χ3n) is 7.60. The van der Waals surface area contributed by atoms with E-state index in [1.54, 1.807) is 24.3 Å². The van der Waals surface area contributed by atoms with Gasteiger partial charge in [-0.05, 0) is 55.7 Å². The van der Waals surface area contributed by atoms with E-state index in [0.717, 1.165) is 47.4 Å². The molecule has 2 atom stereocenters. The van der Waals surface area contributed by atoms with Crippen molar-refractivity contribution in [3.63, 3.8) is 0 Å². The van der Waals surface area contributed by atoms with Crippen molar-refractivity contribution in [3.05, 3.63) is 88.8 Å². The molecule has 0 unspecified atom stereocenters. The number of benzene rings is 2. The third-order valence-corrected chi connectivity index (χ3v) is 9.74. The van der Waals surface area contributed by atoms with Crippen LogP contribution in [0, 0.1) is 17.1 Å². The van der Waals surface area contributed by atoms with E-state index in [1.165, 1.54) is 36.5 Å². The molecule has 0 spiro atoms. The van der Waals surface area contributed by atoms with Gasteiger partial charge in [-0.2, -0.15) is 5.26 Å². The first kappa shape index (κ1) is 29.5. The Morgan fingerprint density at radius 2 is 1.83 bits per heavy atom. The third kappa shape index (κ3) is 6.10. The molecule has 1 saturated carbocycles. The van der Waals surface area contributed by atoms with Crippen LogP contribution in [0.1, 0.15) is 55.7 Å². The largest absolute Gasteiger partial charge is 0.351 e. The lowest BCUT2D eigenvalue weighted by Gasteiger charge is -2.36. The second kappa shape index (κ2) is 12.5. The average Bonchev–Trinajstić information content (AvgIpc) is 3.31. The fourth-order valence-corrected chi connectivity index (χ4v) is 7.54. The Kier molecular flexibility index (Phi) is 8.75. The minimum Gasteiger partial charge on any atom is -0.351 e. The lowest BCUT2D eigenvalue weighted by Crippen LogP contribution is -2.53. The van der Waals surface area contributed by atoms with Crippen LogP contribution in [0.15, 0.2) is 66.9 Å². The molecule has 1 aliphatic carbocycles. The van der Waals surface area contributed by atoms with Crippen LogP contribution in [-0.4, -0.2) is 43.1 Å². The molecule has 5 rings (SSSR count). The van der Waals surface area contributed by atoms with E-state index in [9.17, 15) is 27.7 Å². The molecule has 2 amide bonds. The molecule has 12 heteroatoms. The van der Waals surface area contributed by atoms with Crippen LogP contribution in [0.2, 0.25) is 5.02 Å². The molecule has 2 fully saturated rings. The molecule has 2 aliphatic rings. The van der Waals surface area contributed by atoms with Crippen molar-refractivity contribution < 1.29 is 22.4 Å². The summed E-state index contributed by atoms with van der Waals surface area (Å²) in [5.41, 5.74) is 0.532. The van der Waals surface area contributed by atoms with E-state index in [0.29, 0.717) is 5.56 Å². The highest BCUT2D eigenvalue weighted by Gasteiger charge is 2.47. The van der Waals surface area contributed by atoms with Gasteiger partial charge in [0.05, 0.1) is 17.4 Å². The van der Waals surface area contributed by atoms with Gasteiger partial charge in [-0.3, -0.25) is 14.5 Å². The summed E-state index contributed by atoms with van der Waals surface area (Å²) in [6.07, 6.45) is 5.73. The number of carbonyl (C=O) groups excluding carboxylic acids is 2. The Balaban J connectivity index is 1.64. The Morgan fingerprint density at radius 3 is 2.55 bits per heavy atom. The van der Waals surface area contributed by atoms with Crippen molar-refractivity contribution in [1.29, 1.82) is 5.26 Å². The van der Waals surface area contributed by atoms with E-state index in [1.807, 2.05) is 6.07 Å². The number of rotatable bonds is 7. The molecular formula is C30H29ClFN5O4S. The van der Waals surface area contributed by atoms with Crippen LogP contribution in [0.4, 0.5) is 15.9 Å². The number of nitrogens with zero attached hydrogens (tertiary/aromatic N) is 4. The van der Waals surface area contributed by atoms with Crippen molar-refractivity contribution in [2.24, 2.45) is 0 Å². The number of pyridine rings is 1. The molecule has 2 heterocycles. The summed E-state index contributed by atoms with van der Waals surface area (Å²) in [6, 6.07) is 13.7. The molecule has 1 N–H and O–H groups in total. The molecule has 9 nitrogen and oxygen atoms in total. The second-order valence-electron chi connectivity index (χ2n) is 10.4. The smallest absolute Gasteiger partial charge is 0.252 e.